The highest BCUT2D eigenvalue weighted by atomic mass is 16.2. The van der Waals surface area contributed by atoms with Crippen molar-refractivity contribution in [3.05, 3.63) is 29.6 Å². The van der Waals surface area contributed by atoms with Crippen molar-refractivity contribution < 1.29 is 4.79 Å². The highest BCUT2D eigenvalue weighted by molar-refractivity contribution is 5.94. The Balaban J connectivity index is 1.86. The van der Waals surface area contributed by atoms with Crippen molar-refractivity contribution in [2.45, 2.75) is 31.8 Å². The minimum atomic E-state index is 0.0404. The zero-order chi connectivity index (χ0) is 12.5. The van der Waals surface area contributed by atoms with Gasteiger partial charge < -0.3 is 10.2 Å². The number of fused-ring (bicyclic) bond motifs is 1. The summed E-state index contributed by atoms with van der Waals surface area (Å²) in [6.07, 6.45) is 4.91. The van der Waals surface area contributed by atoms with E-state index in [-0.39, 0.29) is 5.91 Å². The van der Waals surface area contributed by atoms with E-state index in [1.165, 1.54) is 0 Å². The van der Waals surface area contributed by atoms with Crippen LogP contribution < -0.4 is 5.32 Å². The standard InChI is InChI=1S/C13H18N4O/c1-2-7-17(9-3-4-9)13(18)12-10-8-14-6-5-11(10)15-16-12/h2,9,14H,1,3-8H2,(H,15,16). The summed E-state index contributed by atoms with van der Waals surface area (Å²) in [4.78, 5) is 14.4. The van der Waals surface area contributed by atoms with Gasteiger partial charge in [-0.3, -0.25) is 9.89 Å². The van der Waals surface area contributed by atoms with Gasteiger partial charge in [-0.25, -0.2) is 0 Å². The molecule has 0 spiro atoms. The Bertz CT molecular complexity index is 475. The maximum atomic E-state index is 12.5. The highest BCUT2D eigenvalue weighted by Crippen LogP contribution is 2.29. The molecule has 0 radical (unpaired) electrons. The van der Waals surface area contributed by atoms with Gasteiger partial charge in [0.15, 0.2) is 5.69 Å². The first kappa shape index (κ1) is 11.5. The van der Waals surface area contributed by atoms with Crippen LogP contribution in [-0.4, -0.2) is 40.1 Å². The van der Waals surface area contributed by atoms with E-state index in [0.29, 0.717) is 18.3 Å². The quantitative estimate of drug-likeness (QED) is 0.774. The van der Waals surface area contributed by atoms with Crippen molar-refractivity contribution in [2.75, 3.05) is 13.1 Å². The molecule has 3 rings (SSSR count). The molecule has 1 amide bonds. The molecule has 18 heavy (non-hydrogen) atoms. The molecule has 1 aromatic heterocycles. The third kappa shape index (κ3) is 1.95. The molecule has 1 aliphatic carbocycles. The van der Waals surface area contributed by atoms with Crippen molar-refractivity contribution >= 4 is 5.91 Å². The van der Waals surface area contributed by atoms with Crippen LogP contribution in [0.1, 0.15) is 34.6 Å². The molecular weight excluding hydrogens is 228 g/mol. The molecular formula is C13H18N4O. The van der Waals surface area contributed by atoms with E-state index >= 15 is 0 Å². The van der Waals surface area contributed by atoms with E-state index in [1.807, 2.05) is 4.90 Å². The second kappa shape index (κ2) is 4.57. The van der Waals surface area contributed by atoms with Crippen LogP contribution >= 0.6 is 0 Å². The lowest BCUT2D eigenvalue weighted by atomic mass is 10.1. The second-order valence-electron chi connectivity index (χ2n) is 4.93. The summed E-state index contributed by atoms with van der Waals surface area (Å²) in [7, 11) is 0. The molecule has 5 nitrogen and oxygen atoms in total. The van der Waals surface area contributed by atoms with Gasteiger partial charge in [0.2, 0.25) is 0 Å². The number of aromatic amines is 1. The number of H-pyrrole nitrogens is 1. The minimum Gasteiger partial charge on any atom is -0.331 e. The zero-order valence-corrected chi connectivity index (χ0v) is 10.4. The summed E-state index contributed by atoms with van der Waals surface area (Å²) in [6.45, 7) is 6.02. The lowest BCUT2D eigenvalue weighted by Crippen LogP contribution is -2.35. The Labute approximate surface area is 106 Å². The Morgan fingerprint density at radius 3 is 3.11 bits per heavy atom. The van der Waals surface area contributed by atoms with Crippen LogP contribution in [0.25, 0.3) is 0 Å². The first-order valence-electron chi connectivity index (χ1n) is 6.50. The summed E-state index contributed by atoms with van der Waals surface area (Å²) >= 11 is 0. The van der Waals surface area contributed by atoms with Crippen LogP contribution in [0.5, 0.6) is 0 Å². The SMILES string of the molecule is C=CCN(C(=O)c1n[nH]c2c1CNCC2)C1CC1. The smallest absolute Gasteiger partial charge is 0.275 e. The number of nitrogens with zero attached hydrogens (tertiary/aromatic N) is 2. The maximum absolute atomic E-state index is 12.5. The van der Waals surface area contributed by atoms with Crippen molar-refractivity contribution in [1.82, 2.24) is 20.4 Å². The van der Waals surface area contributed by atoms with E-state index < -0.39 is 0 Å². The number of hydrogen-bond acceptors (Lipinski definition) is 3. The van der Waals surface area contributed by atoms with Gasteiger partial charge in [-0.1, -0.05) is 6.08 Å². The lowest BCUT2D eigenvalue weighted by molar-refractivity contribution is 0.0755. The van der Waals surface area contributed by atoms with E-state index in [0.717, 1.165) is 43.6 Å². The molecule has 1 aliphatic heterocycles. The maximum Gasteiger partial charge on any atom is 0.275 e. The molecule has 0 bridgehead atoms. The highest BCUT2D eigenvalue weighted by Gasteiger charge is 2.34. The molecule has 1 saturated carbocycles. The van der Waals surface area contributed by atoms with Gasteiger partial charge in [-0.05, 0) is 12.8 Å². The Morgan fingerprint density at radius 1 is 1.56 bits per heavy atom. The topological polar surface area (TPSA) is 61.0 Å². The first-order valence-corrected chi connectivity index (χ1v) is 6.50. The zero-order valence-electron chi connectivity index (χ0n) is 10.4. The molecule has 2 N–H and O–H groups in total. The number of carbonyl (C=O) groups is 1. The van der Waals surface area contributed by atoms with Gasteiger partial charge in [0.05, 0.1) is 0 Å². The van der Waals surface area contributed by atoms with E-state index in [1.54, 1.807) is 6.08 Å². The molecule has 2 aliphatic rings. The molecule has 1 aromatic rings. The van der Waals surface area contributed by atoms with Gasteiger partial charge in [0.1, 0.15) is 0 Å². The average Bonchev–Trinajstić information content (AvgIpc) is 3.14. The average molecular weight is 246 g/mol. The van der Waals surface area contributed by atoms with Crippen molar-refractivity contribution in [2.24, 2.45) is 0 Å². The molecule has 0 saturated heterocycles. The Hall–Kier alpha value is -1.62. The monoisotopic (exact) mass is 246 g/mol. The molecule has 2 heterocycles. The van der Waals surface area contributed by atoms with Crippen LogP contribution in [0.15, 0.2) is 12.7 Å². The number of rotatable bonds is 4. The number of carbonyl (C=O) groups excluding carboxylic acids is 1. The second-order valence-corrected chi connectivity index (χ2v) is 4.93. The fourth-order valence-corrected chi connectivity index (χ4v) is 2.46. The molecule has 96 valence electrons. The predicted octanol–water partition coefficient (Wildman–Crippen LogP) is 0.846. The lowest BCUT2D eigenvalue weighted by Gasteiger charge is -2.21. The van der Waals surface area contributed by atoms with E-state index in [9.17, 15) is 4.79 Å². The molecule has 0 aromatic carbocycles. The van der Waals surface area contributed by atoms with Gasteiger partial charge in [0, 0.05) is 43.4 Å². The normalized spacial score (nSPS) is 18.2. The summed E-state index contributed by atoms with van der Waals surface area (Å²) in [5.74, 6) is 0.0404. The molecule has 0 unspecified atom stereocenters. The summed E-state index contributed by atoms with van der Waals surface area (Å²) in [5.41, 5.74) is 2.73. The van der Waals surface area contributed by atoms with Crippen LogP contribution in [0, 0.1) is 0 Å². The fourth-order valence-electron chi connectivity index (χ4n) is 2.46. The fraction of sp³-hybridized carbons (Fsp3) is 0.538. The van der Waals surface area contributed by atoms with Crippen molar-refractivity contribution in [3.63, 3.8) is 0 Å². The largest absolute Gasteiger partial charge is 0.331 e. The summed E-state index contributed by atoms with van der Waals surface area (Å²) in [5, 5.41) is 10.5. The third-order valence-corrected chi connectivity index (χ3v) is 3.58. The minimum absolute atomic E-state index is 0.0404. The van der Waals surface area contributed by atoms with Crippen LogP contribution in [-0.2, 0) is 13.0 Å². The van der Waals surface area contributed by atoms with Gasteiger partial charge in [-0.2, -0.15) is 5.10 Å². The Kier molecular flexibility index (Phi) is 2.91. The van der Waals surface area contributed by atoms with Gasteiger partial charge in [-0.15, -0.1) is 6.58 Å². The van der Waals surface area contributed by atoms with E-state index in [2.05, 4.69) is 22.1 Å². The van der Waals surface area contributed by atoms with Crippen LogP contribution in [0.4, 0.5) is 0 Å². The number of hydrogen-bond donors (Lipinski definition) is 2. The van der Waals surface area contributed by atoms with Crippen molar-refractivity contribution in [3.8, 4) is 0 Å². The molecule has 1 fully saturated rings. The first-order chi connectivity index (χ1) is 8.81. The number of nitrogens with one attached hydrogen (secondary N) is 2. The molecule has 0 atom stereocenters. The number of amides is 1. The van der Waals surface area contributed by atoms with Crippen molar-refractivity contribution in [1.29, 1.82) is 0 Å². The number of aromatic nitrogens is 2. The van der Waals surface area contributed by atoms with Crippen LogP contribution in [0.3, 0.4) is 0 Å². The van der Waals surface area contributed by atoms with Gasteiger partial charge >= 0.3 is 0 Å². The predicted molar refractivity (Wildman–Crippen MR) is 68.3 cm³/mol. The van der Waals surface area contributed by atoms with Crippen LogP contribution in [0.2, 0.25) is 0 Å². The Morgan fingerprint density at radius 2 is 2.39 bits per heavy atom. The molecule has 5 heteroatoms. The third-order valence-electron chi connectivity index (χ3n) is 3.58. The summed E-state index contributed by atoms with van der Waals surface area (Å²) < 4.78 is 0. The van der Waals surface area contributed by atoms with E-state index in [4.69, 9.17) is 0 Å². The summed E-state index contributed by atoms with van der Waals surface area (Å²) in [6, 6.07) is 0.388. The van der Waals surface area contributed by atoms with Gasteiger partial charge in [0.25, 0.3) is 5.91 Å².